The molecule has 0 saturated carbocycles. The van der Waals surface area contributed by atoms with Crippen molar-refractivity contribution < 1.29 is 17.5 Å². The fourth-order valence-electron chi connectivity index (χ4n) is 0. The first-order valence-electron chi connectivity index (χ1n) is 2.20. The third kappa shape index (κ3) is 862. The Labute approximate surface area is 62.6 Å². The molecule has 0 amide bonds. The zero-order valence-electron chi connectivity index (χ0n) is 5.62. The van der Waals surface area contributed by atoms with E-state index in [0.29, 0.717) is 0 Å². The zero-order valence-corrected chi connectivity index (χ0v) is 9.29. The molecule has 0 aliphatic rings. The molecule has 0 aromatic rings. The van der Waals surface area contributed by atoms with Crippen LogP contribution in [0.2, 0.25) is 14.8 Å². The van der Waals surface area contributed by atoms with Crippen LogP contribution in [0.1, 0.15) is 0 Å². The zero-order chi connectivity index (χ0) is 8.08. The topological polar surface area (TPSA) is 74.6 Å². The van der Waals surface area contributed by atoms with Gasteiger partial charge in [0.2, 0.25) is 0 Å². The van der Waals surface area contributed by atoms with E-state index in [9.17, 15) is 0 Å². The molecule has 0 heterocycles. The Morgan fingerprint density at radius 3 is 1.11 bits per heavy atom. The maximum absolute atomic E-state index is 8.74. The van der Waals surface area contributed by atoms with Gasteiger partial charge in [-0.3, -0.25) is 9.11 Å². The van der Waals surface area contributed by atoms with E-state index in [2.05, 4.69) is 14.8 Å². The Hall–Kier alpha value is 0.669. The van der Waals surface area contributed by atoms with Gasteiger partial charge in [-0.15, -0.1) is 0 Å². The molecule has 57 valence electrons. The van der Waals surface area contributed by atoms with Crippen LogP contribution in [0.4, 0.5) is 0 Å². The summed E-state index contributed by atoms with van der Waals surface area (Å²) in [5.74, 6) is 0. The second-order valence-corrected chi connectivity index (χ2v) is 11.4. The van der Waals surface area contributed by atoms with E-state index in [1.165, 1.54) is 0 Å². The molecule has 4 nitrogen and oxygen atoms in total. The quantitative estimate of drug-likeness (QED) is 0.498. The van der Waals surface area contributed by atoms with Crippen molar-refractivity contribution in [2.75, 3.05) is 0 Å². The van der Waals surface area contributed by atoms with Crippen molar-refractivity contribution in [2.24, 2.45) is 0 Å². The van der Waals surface area contributed by atoms with Crippen LogP contribution in [0, 0.1) is 0 Å². The molecule has 0 fully saturated rings. The Morgan fingerprint density at radius 2 is 1.11 bits per heavy atom. The average molecular weight is 262 g/mol. The van der Waals surface area contributed by atoms with Gasteiger partial charge in [-0.2, -0.15) is 8.42 Å². The Morgan fingerprint density at radius 1 is 1.11 bits per heavy atom. The second kappa shape index (κ2) is 5.45. The molecule has 1 radical (unpaired) electrons. The van der Waals surface area contributed by atoms with Crippen molar-refractivity contribution in [1.29, 1.82) is 0 Å². The van der Waals surface area contributed by atoms with Gasteiger partial charge in [-0.25, -0.2) is 0 Å². The number of rotatable bonds is 0. The summed E-state index contributed by atoms with van der Waals surface area (Å²) in [5.41, 5.74) is 0. The van der Waals surface area contributed by atoms with Crippen molar-refractivity contribution in [3.05, 3.63) is 0 Å². The summed E-state index contributed by atoms with van der Waals surface area (Å²) in [5, 5.41) is 0. The van der Waals surface area contributed by atoms with Gasteiger partial charge in [-0.05, 0) is 0 Å². The van der Waals surface area contributed by atoms with Crippen molar-refractivity contribution in [1.82, 2.24) is 0 Å². The van der Waals surface area contributed by atoms with E-state index in [1.54, 1.807) is 0 Å². The third-order valence-corrected chi connectivity index (χ3v) is 0. The summed E-state index contributed by atoms with van der Waals surface area (Å²) in [6.45, 7) is 0. The van der Waals surface area contributed by atoms with Crippen molar-refractivity contribution >= 4 is 30.2 Å². The summed E-state index contributed by atoms with van der Waals surface area (Å²) < 4.78 is 31.6. The summed E-state index contributed by atoms with van der Waals surface area (Å²) in [7, 11) is -4.67. The van der Waals surface area contributed by atoms with Crippen LogP contribution in [0.25, 0.3) is 0 Å². The van der Waals surface area contributed by atoms with Crippen LogP contribution < -0.4 is 0 Å². The Kier molecular flexibility index (Phi) is 7.49. The predicted molar refractivity (Wildman–Crippen MR) is 37.5 cm³/mol. The molecule has 0 unspecified atom stereocenters. The molecule has 6 heteroatoms. The van der Waals surface area contributed by atoms with Gasteiger partial charge in [0.15, 0.2) is 0 Å². The van der Waals surface area contributed by atoms with E-state index in [1.807, 2.05) is 0 Å². The van der Waals surface area contributed by atoms with Gasteiger partial charge in [0.1, 0.15) is 0 Å². The molecule has 0 rings (SSSR count). The van der Waals surface area contributed by atoms with E-state index in [-0.39, 0.29) is 0 Å². The van der Waals surface area contributed by atoms with Gasteiger partial charge in [0.25, 0.3) is 0 Å². The molecule has 0 aliphatic heterocycles. The van der Waals surface area contributed by atoms with Gasteiger partial charge in [0, 0.05) is 0 Å². The minimum atomic E-state index is -4.67. The van der Waals surface area contributed by atoms with Crippen LogP contribution in [-0.4, -0.2) is 37.3 Å². The molecular formula is C3H11O4SSn. The summed E-state index contributed by atoms with van der Waals surface area (Å²) in [4.78, 5) is 7.09. The van der Waals surface area contributed by atoms with Crippen LogP contribution in [0.15, 0.2) is 0 Å². The molecular weight excluding hydrogens is 251 g/mol. The van der Waals surface area contributed by atoms with E-state index >= 15 is 0 Å². The molecule has 9 heavy (non-hydrogen) atoms. The first-order valence-corrected chi connectivity index (χ1v) is 12.2. The summed E-state index contributed by atoms with van der Waals surface area (Å²) in [6.07, 6.45) is 0. The molecule has 0 saturated heterocycles. The van der Waals surface area contributed by atoms with Gasteiger partial charge in [0.05, 0.1) is 0 Å². The molecule has 0 aromatic carbocycles. The van der Waals surface area contributed by atoms with Crippen LogP contribution in [0.3, 0.4) is 0 Å². The third-order valence-electron chi connectivity index (χ3n) is 0. The SMILES string of the molecule is O=S(=O)(O)O.[CH3][Sn]([CH3])[CH3]. The molecule has 0 atom stereocenters. The van der Waals surface area contributed by atoms with E-state index < -0.39 is 30.2 Å². The van der Waals surface area contributed by atoms with Crippen molar-refractivity contribution in [3.8, 4) is 0 Å². The summed E-state index contributed by atoms with van der Waals surface area (Å²) >= 11 is -0.543. The Balaban J connectivity index is 0. The maximum atomic E-state index is 8.74. The molecule has 0 aliphatic carbocycles. The normalized spacial score (nSPS) is 10.4. The Bertz CT molecular complexity index is 127. The molecule has 2 N–H and O–H groups in total. The molecule has 0 aromatic heterocycles. The van der Waals surface area contributed by atoms with Crippen molar-refractivity contribution in [2.45, 2.75) is 14.8 Å². The van der Waals surface area contributed by atoms with Gasteiger partial charge < -0.3 is 0 Å². The number of hydrogen-bond donors (Lipinski definition) is 2. The van der Waals surface area contributed by atoms with Crippen LogP contribution >= 0.6 is 0 Å². The average Bonchev–Trinajstić information content (AvgIpc) is 1.19. The fourth-order valence-corrected chi connectivity index (χ4v) is 0. The monoisotopic (exact) mass is 263 g/mol. The van der Waals surface area contributed by atoms with Crippen LogP contribution in [-0.2, 0) is 10.4 Å². The summed E-state index contributed by atoms with van der Waals surface area (Å²) in [6, 6.07) is 0. The first kappa shape index (κ1) is 12.4. The first-order chi connectivity index (χ1) is 3.73. The van der Waals surface area contributed by atoms with Gasteiger partial charge >= 0.3 is 45.0 Å². The molecule has 0 bridgehead atoms. The predicted octanol–water partition coefficient (Wildman–Crippen LogP) is 0.718. The standard InChI is InChI=1S/3CH3.H2O4S.Sn/c;;;1-5(2,3)4;/h3*1H3;(H2,1,2,3,4);. The number of hydrogen-bond acceptors (Lipinski definition) is 2. The van der Waals surface area contributed by atoms with E-state index in [0.717, 1.165) is 0 Å². The van der Waals surface area contributed by atoms with Crippen molar-refractivity contribution in [3.63, 3.8) is 0 Å². The van der Waals surface area contributed by atoms with Gasteiger partial charge in [-0.1, -0.05) is 0 Å². The second-order valence-electron chi connectivity index (χ2n) is 1.95. The molecule has 0 spiro atoms. The van der Waals surface area contributed by atoms with Crippen LogP contribution in [0.5, 0.6) is 0 Å². The fraction of sp³-hybridized carbons (Fsp3) is 1.00. The minimum absolute atomic E-state index is 0.543. The van der Waals surface area contributed by atoms with E-state index in [4.69, 9.17) is 17.5 Å².